The molecule has 2 rings (SSSR count). The van der Waals surface area contributed by atoms with E-state index in [2.05, 4.69) is 33.9 Å². The fraction of sp³-hybridized carbons (Fsp3) is 0.414. The molecule has 2 aromatic rings. The number of carbonyl (C=O) groups excluding carboxylic acids is 5. The third-order valence-electron chi connectivity index (χ3n) is 6.46. The van der Waals surface area contributed by atoms with Crippen molar-refractivity contribution in [2.45, 2.75) is 56.3 Å². The van der Waals surface area contributed by atoms with Gasteiger partial charge in [0.05, 0.1) is 18.6 Å². The summed E-state index contributed by atoms with van der Waals surface area (Å²) in [6.07, 6.45) is 2.51. The van der Waals surface area contributed by atoms with E-state index in [0.717, 1.165) is 6.42 Å². The standard InChI is InChI=1S/C29H40N6O7S/c30-12-2-1-3-23(31)27(40)32-15-26(39)34-24(14-19-6-10-22(38)11-7-19)28(41)35-25(17-43)29(42)33-20(16-36)13-18-4-8-21(37)9-5-18/h4-11,16,20,23-25,37-38,43H,1-3,12-15,17,30-31H2,(H,32,40)(H,33,42)(H,34,39)(H,35,41)/t20-,23-,24-,25-/m0/s1. The van der Waals surface area contributed by atoms with Gasteiger partial charge in [-0.2, -0.15) is 12.6 Å². The van der Waals surface area contributed by atoms with Crippen LogP contribution in [0.3, 0.4) is 0 Å². The number of amides is 4. The Kier molecular flexibility index (Phi) is 15.0. The Morgan fingerprint density at radius 3 is 1.88 bits per heavy atom. The van der Waals surface area contributed by atoms with E-state index in [0.29, 0.717) is 36.8 Å². The van der Waals surface area contributed by atoms with Gasteiger partial charge in [0, 0.05) is 12.2 Å². The van der Waals surface area contributed by atoms with E-state index in [1.165, 1.54) is 24.3 Å². The number of hydrogen-bond donors (Lipinski definition) is 9. The van der Waals surface area contributed by atoms with Crippen molar-refractivity contribution in [3.8, 4) is 11.5 Å². The number of carbonyl (C=O) groups is 5. The largest absolute Gasteiger partial charge is 0.508 e. The predicted octanol–water partition coefficient (Wildman–Crippen LogP) is -0.961. The van der Waals surface area contributed by atoms with Crippen molar-refractivity contribution in [1.29, 1.82) is 0 Å². The van der Waals surface area contributed by atoms with Crippen molar-refractivity contribution in [2.75, 3.05) is 18.8 Å². The predicted molar refractivity (Wildman–Crippen MR) is 163 cm³/mol. The van der Waals surface area contributed by atoms with Crippen LogP contribution in [-0.2, 0) is 36.8 Å². The average molecular weight is 617 g/mol. The molecule has 0 bridgehead atoms. The van der Waals surface area contributed by atoms with Gasteiger partial charge in [0.25, 0.3) is 0 Å². The van der Waals surface area contributed by atoms with Gasteiger partial charge >= 0.3 is 0 Å². The lowest BCUT2D eigenvalue weighted by atomic mass is 10.0. The van der Waals surface area contributed by atoms with Crippen LogP contribution < -0.4 is 32.7 Å². The highest BCUT2D eigenvalue weighted by molar-refractivity contribution is 7.80. The van der Waals surface area contributed by atoms with Crippen LogP contribution in [0.5, 0.6) is 11.5 Å². The lowest BCUT2D eigenvalue weighted by Crippen LogP contribution is -2.57. The van der Waals surface area contributed by atoms with Crippen LogP contribution >= 0.6 is 12.6 Å². The number of rotatable bonds is 18. The van der Waals surface area contributed by atoms with E-state index in [9.17, 15) is 34.2 Å². The smallest absolute Gasteiger partial charge is 0.244 e. The summed E-state index contributed by atoms with van der Waals surface area (Å²) in [7, 11) is 0. The molecule has 0 fully saturated rings. The molecule has 0 aliphatic rings. The van der Waals surface area contributed by atoms with E-state index in [-0.39, 0.29) is 30.1 Å². The summed E-state index contributed by atoms with van der Waals surface area (Å²) in [4.78, 5) is 62.8. The number of thiol groups is 1. The first-order valence-electron chi connectivity index (χ1n) is 13.8. The van der Waals surface area contributed by atoms with Gasteiger partial charge in [-0.15, -0.1) is 0 Å². The quantitative estimate of drug-likeness (QED) is 0.0570. The number of nitrogens with one attached hydrogen (secondary N) is 4. The third-order valence-corrected chi connectivity index (χ3v) is 6.82. The van der Waals surface area contributed by atoms with Crippen molar-refractivity contribution in [3.05, 3.63) is 59.7 Å². The molecule has 0 radical (unpaired) electrons. The van der Waals surface area contributed by atoms with Crippen LogP contribution in [0, 0.1) is 0 Å². The third kappa shape index (κ3) is 12.7. The summed E-state index contributed by atoms with van der Waals surface area (Å²) in [6.45, 7) is 0.0476. The second kappa shape index (κ2) is 18.4. The Hall–Kier alpha value is -4.14. The van der Waals surface area contributed by atoms with Gasteiger partial charge in [-0.05, 0) is 61.2 Å². The van der Waals surface area contributed by atoms with Crippen LogP contribution in [0.4, 0.5) is 0 Å². The number of nitrogens with two attached hydrogens (primary N) is 2. The summed E-state index contributed by atoms with van der Waals surface area (Å²) in [5.41, 5.74) is 12.6. The van der Waals surface area contributed by atoms with Gasteiger partial charge in [-0.3, -0.25) is 19.2 Å². The zero-order valence-corrected chi connectivity index (χ0v) is 24.6. The Morgan fingerprint density at radius 1 is 0.791 bits per heavy atom. The van der Waals surface area contributed by atoms with Crippen molar-refractivity contribution >= 4 is 42.5 Å². The minimum atomic E-state index is -1.17. The first kappa shape index (κ1) is 35.1. The van der Waals surface area contributed by atoms with E-state index < -0.39 is 54.3 Å². The molecule has 0 saturated heterocycles. The molecule has 13 nitrogen and oxygen atoms in total. The molecule has 0 spiro atoms. The lowest BCUT2D eigenvalue weighted by Gasteiger charge is -2.24. The second-order valence-corrected chi connectivity index (χ2v) is 10.3. The first-order valence-corrected chi connectivity index (χ1v) is 14.4. The van der Waals surface area contributed by atoms with Crippen molar-refractivity contribution < 1.29 is 34.2 Å². The zero-order chi connectivity index (χ0) is 31.8. The molecule has 0 aromatic heterocycles. The van der Waals surface area contributed by atoms with Gasteiger partial charge in [0.2, 0.25) is 23.6 Å². The Labute approximate surface area is 255 Å². The minimum absolute atomic E-state index is 0.00310. The molecule has 0 saturated carbocycles. The summed E-state index contributed by atoms with van der Waals surface area (Å²) in [6, 6.07) is 8.12. The molecule has 43 heavy (non-hydrogen) atoms. The molecule has 14 heteroatoms. The van der Waals surface area contributed by atoms with Crippen LogP contribution in [0.15, 0.2) is 48.5 Å². The topological polar surface area (TPSA) is 226 Å². The van der Waals surface area contributed by atoms with E-state index in [1.54, 1.807) is 24.3 Å². The number of benzene rings is 2. The maximum Gasteiger partial charge on any atom is 0.244 e. The zero-order valence-electron chi connectivity index (χ0n) is 23.7. The molecule has 4 atom stereocenters. The summed E-state index contributed by atoms with van der Waals surface area (Å²) in [5, 5.41) is 29.2. The molecule has 2 aromatic carbocycles. The Morgan fingerprint density at radius 2 is 1.35 bits per heavy atom. The van der Waals surface area contributed by atoms with E-state index in [1.807, 2.05) is 0 Å². The normalized spacial score (nSPS) is 13.6. The van der Waals surface area contributed by atoms with Crippen molar-refractivity contribution in [2.24, 2.45) is 11.5 Å². The molecule has 10 N–H and O–H groups in total. The highest BCUT2D eigenvalue weighted by atomic mass is 32.1. The fourth-order valence-corrected chi connectivity index (χ4v) is 4.29. The summed E-state index contributed by atoms with van der Waals surface area (Å²) >= 11 is 4.17. The lowest BCUT2D eigenvalue weighted by molar-refractivity contribution is -0.132. The molecule has 4 amide bonds. The minimum Gasteiger partial charge on any atom is -0.508 e. The SMILES string of the molecule is NCCCC[C@H](N)C(=O)NCC(=O)N[C@@H](Cc1ccc(O)cc1)C(=O)N[C@@H](CS)C(=O)N[C@H](C=O)Cc1ccc(O)cc1. The maximum atomic E-state index is 13.3. The molecule has 0 unspecified atom stereocenters. The number of aromatic hydroxyl groups is 2. The Bertz CT molecular complexity index is 1210. The number of phenols is 2. The maximum absolute atomic E-state index is 13.3. The second-order valence-electron chi connectivity index (χ2n) is 9.96. The fourth-order valence-electron chi connectivity index (χ4n) is 4.03. The number of phenolic OH excluding ortho intramolecular Hbond substituents is 2. The van der Waals surface area contributed by atoms with Gasteiger partial charge in [-0.1, -0.05) is 30.7 Å². The van der Waals surface area contributed by atoms with Gasteiger partial charge in [-0.25, -0.2) is 0 Å². The molecule has 0 aliphatic carbocycles. The molecular formula is C29H40N6O7S. The van der Waals surface area contributed by atoms with Gasteiger partial charge in [0.1, 0.15) is 29.9 Å². The Balaban J connectivity index is 2.05. The molecule has 0 heterocycles. The molecule has 0 aliphatic heterocycles. The average Bonchev–Trinajstić information content (AvgIpc) is 2.99. The van der Waals surface area contributed by atoms with Crippen LogP contribution in [0.1, 0.15) is 30.4 Å². The number of unbranched alkanes of at least 4 members (excludes halogenated alkanes) is 1. The van der Waals surface area contributed by atoms with Crippen molar-refractivity contribution in [3.63, 3.8) is 0 Å². The monoisotopic (exact) mass is 616 g/mol. The van der Waals surface area contributed by atoms with Crippen LogP contribution in [0.25, 0.3) is 0 Å². The van der Waals surface area contributed by atoms with Gasteiger partial charge < -0.3 is 47.7 Å². The highest BCUT2D eigenvalue weighted by Gasteiger charge is 2.28. The van der Waals surface area contributed by atoms with Crippen LogP contribution in [0.2, 0.25) is 0 Å². The van der Waals surface area contributed by atoms with Gasteiger partial charge in [0.15, 0.2) is 0 Å². The van der Waals surface area contributed by atoms with Crippen molar-refractivity contribution in [1.82, 2.24) is 21.3 Å². The van der Waals surface area contributed by atoms with E-state index >= 15 is 0 Å². The molecular weight excluding hydrogens is 576 g/mol. The summed E-state index contributed by atoms with van der Waals surface area (Å²) in [5.74, 6) is -2.58. The number of hydrogen-bond acceptors (Lipinski definition) is 10. The summed E-state index contributed by atoms with van der Waals surface area (Å²) < 4.78 is 0. The van der Waals surface area contributed by atoms with Crippen LogP contribution in [-0.4, -0.2) is 83.1 Å². The van der Waals surface area contributed by atoms with E-state index in [4.69, 9.17) is 11.5 Å². The number of aldehydes is 1. The molecule has 234 valence electrons. The highest BCUT2D eigenvalue weighted by Crippen LogP contribution is 2.13. The first-order chi connectivity index (χ1) is 20.6.